The van der Waals surface area contributed by atoms with Crippen LogP contribution in [0.25, 0.3) is 0 Å². The highest BCUT2D eigenvalue weighted by atomic mass is 127. The predicted octanol–water partition coefficient (Wildman–Crippen LogP) is 3.36. The Morgan fingerprint density at radius 1 is 1.41 bits per heavy atom. The van der Waals surface area contributed by atoms with Crippen LogP contribution in [0.1, 0.15) is 30.9 Å². The minimum absolute atomic E-state index is 0. The van der Waals surface area contributed by atoms with Crippen molar-refractivity contribution < 1.29 is 0 Å². The fourth-order valence-corrected chi connectivity index (χ4v) is 2.03. The first-order chi connectivity index (χ1) is 10.0. The number of anilines is 1. The van der Waals surface area contributed by atoms with Crippen LogP contribution in [0.15, 0.2) is 41.7 Å². The number of aryl methyl sites for hydroxylation is 1. The molecule has 2 rings (SSSR count). The fourth-order valence-electron chi connectivity index (χ4n) is 2.03. The molecule has 0 radical (unpaired) electrons. The molecule has 0 bridgehead atoms. The number of hydrogen-bond acceptors (Lipinski definition) is 2. The SMILES string of the molecule is Cc1cnn(CCN=C(N)Nc2cccc(C(C)C)c2)c1.I. The lowest BCUT2D eigenvalue weighted by Gasteiger charge is -2.10. The van der Waals surface area contributed by atoms with Crippen molar-refractivity contribution in [2.24, 2.45) is 10.7 Å². The molecule has 6 heteroatoms. The summed E-state index contributed by atoms with van der Waals surface area (Å²) < 4.78 is 1.87. The topological polar surface area (TPSA) is 68.2 Å². The number of halogens is 1. The molecule has 0 aliphatic rings. The third-order valence-electron chi connectivity index (χ3n) is 3.20. The van der Waals surface area contributed by atoms with Gasteiger partial charge in [0, 0.05) is 11.9 Å². The monoisotopic (exact) mass is 413 g/mol. The van der Waals surface area contributed by atoms with Crippen molar-refractivity contribution in [3.05, 3.63) is 47.8 Å². The summed E-state index contributed by atoms with van der Waals surface area (Å²) in [7, 11) is 0. The molecule has 0 aliphatic carbocycles. The number of aliphatic imine (C=N–C) groups is 1. The van der Waals surface area contributed by atoms with Gasteiger partial charge in [-0.05, 0) is 36.1 Å². The number of benzene rings is 1. The van der Waals surface area contributed by atoms with Gasteiger partial charge in [0.2, 0.25) is 0 Å². The highest BCUT2D eigenvalue weighted by molar-refractivity contribution is 14.0. The molecule has 0 saturated carbocycles. The molecule has 0 aliphatic heterocycles. The summed E-state index contributed by atoms with van der Waals surface area (Å²) in [5, 5.41) is 7.34. The van der Waals surface area contributed by atoms with E-state index in [0.717, 1.165) is 17.8 Å². The van der Waals surface area contributed by atoms with Gasteiger partial charge in [-0.2, -0.15) is 5.10 Å². The number of nitrogens with zero attached hydrogens (tertiary/aromatic N) is 3. The summed E-state index contributed by atoms with van der Waals surface area (Å²) in [5.74, 6) is 0.924. The maximum Gasteiger partial charge on any atom is 0.193 e. The van der Waals surface area contributed by atoms with Crippen LogP contribution < -0.4 is 11.1 Å². The van der Waals surface area contributed by atoms with Gasteiger partial charge in [-0.1, -0.05) is 26.0 Å². The molecule has 0 spiro atoms. The van der Waals surface area contributed by atoms with Crippen molar-refractivity contribution in [3.63, 3.8) is 0 Å². The Labute approximate surface area is 149 Å². The van der Waals surface area contributed by atoms with E-state index in [9.17, 15) is 0 Å². The largest absolute Gasteiger partial charge is 0.370 e. The minimum atomic E-state index is 0. The van der Waals surface area contributed by atoms with Crippen molar-refractivity contribution in [2.75, 3.05) is 11.9 Å². The Balaban J connectivity index is 0.00000242. The Morgan fingerprint density at radius 3 is 2.82 bits per heavy atom. The van der Waals surface area contributed by atoms with E-state index in [1.165, 1.54) is 5.56 Å². The zero-order valence-corrected chi connectivity index (χ0v) is 15.6. The van der Waals surface area contributed by atoms with Crippen molar-refractivity contribution in [1.29, 1.82) is 0 Å². The molecule has 3 N–H and O–H groups in total. The van der Waals surface area contributed by atoms with Gasteiger partial charge in [0.1, 0.15) is 0 Å². The molecule has 120 valence electrons. The Bertz CT molecular complexity index is 619. The van der Waals surface area contributed by atoms with E-state index in [1.54, 1.807) is 0 Å². The normalized spacial score (nSPS) is 11.4. The summed E-state index contributed by atoms with van der Waals surface area (Å²) >= 11 is 0. The van der Waals surface area contributed by atoms with Gasteiger partial charge in [0.25, 0.3) is 0 Å². The van der Waals surface area contributed by atoms with Crippen molar-refractivity contribution in [1.82, 2.24) is 9.78 Å². The molecule has 1 aromatic carbocycles. The zero-order valence-electron chi connectivity index (χ0n) is 13.3. The first-order valence-corrected chi connectivity index (χ1v) is 7.20. The number of aromatic nitrogens is 2. The van der Waals surface area contributed by atoms with Crippen LogP contribution in [-0.4, -0.2) is 22.3 Å². The lowest BCUT2D eigenvalue weighted by atomic mass is 10.0. The smallest absolute Gasteiger partial charge is 0.193 e. The summed E-state index contributed by atoms with van der Waals surface area (Å²) in [6, 6.07) is 8.23. The van der Waals surface area contributed by atoms with Gasteiger partial charge in [-0.25, -0.2) is 0 Å². The number of rotatable bonds is 5. The van der Waals surface area contributed by atoms with Gasteiger partial charge in [-0.15, -0.1) is 24.0 Å². The number of nitrogens with one attached hydrogen (secondary N) is 1. The van der Waals surface area contributed by atoms with Crippen molar-refractivity contribution in [2.45, 2.75) is 33.2 Å². The number of hydrogen-bond donors (Lipinski definition) is 2. The summed E-state index contributed by atoms with van der Waals surface area (Å²) in [6.07, 6.45) is 3.83. The second-order valence-electron chi connectivity index (χ2n) is 5.45. The lowest BCUT2D eigenvalue weighted by Crippen LogP contribution is -2.23. The Kier molecular flexibility index (Phi) is 7.37. The van der Waals surface area contributed by atoms with Gasteiger partial charge in [0.15, 0.2) is 5.96 Å². The minimum Gasteiger partial charge on any atom is -0.370 e. The third-order valence-corrected chi connectivity index (χ3v) is 3.20. The second-order valence-corrected chi connectivity index (χ2v) is 5.45. The molecule has 0 atom stereocenters. The van der Waals surface area contributed by atoms with Crippen LogP contribution in [0.3, 0.4) is 0 Å². The van der Waals surface area contributed by atoms with Crippen LogP contribution in [-0.2, 0) is 6.54 Å². The standard InChI is InChI=1S/C16H23N5.HI/c1-12(2)14-5-4-6-15(9-14)20-16(17)18-7-8-21-11-13(3)10-19-21;/h4-6,9-12H,7-8H2,1-3H3,(H3,17,18,20);1H. The maximum atomic E-state index is 5.91. The molecule has 0 amide bonds. The maximum absolute atomic E-state index is 5.91. The predicted molar refractivity (Wildman–Crippen MR) is 103 cm³/mol. The zero-order chi connectivity index (χ0) is 15.2. The van der Waals surface area contributed by atoms with Gasteiger partial charge in [-0.3, -0.25) is 9.67 Å². The molecule has 1 heterocycles. The third kappa shape index (κ3) is 5.67. The average molecular weight is 413 g/mol. The molecule has 0 fully saturated rings. The molecule has 22 heavy (non-hydrogen) atoms. The van der Waals surface area contributed by atoms with E-state index in [1.807, 2.05) is 36.1 Å². The van der Waals surface area contributed by atoms with Crippen LogP contribution in [0.4, 0.5) is 5.69 Å². The number of guanidine groups is 1. The van der Waals surface area contributed by atoms with E-state index >= 15 is 0 Å². The first-order valence-electron chi connectivity index (χ1n) is 7.20. The highest BCUT2D eigenvalue weighted by Crippen LogP contribution is 2.18. The molecule has 2 aromatic rings. The van der Waals surface area contributed by atoms with Gasteiger partial charge >= 0.3 is 0 Å². The summed E-state index contributed by atoms with van der Waals surface area (Å²) in [4.78, 5) is 4.32. The highest BCUT2D eigenvalue weighted by Gasteiger charge is 2.01. The average Bonchev–Trinajstić information content (AvgIpc) is 2.84. The molecule has 1 aromatic heterocycles. The number of nitrogens with two attached hydrogens (primary N) is 1. The molecule has 0 unspecified atom stereocenters. The lowest BCUT2D eigenvalue weighted by molar-refractivity contribution is 0.625. The Hall–Kier alpha value is -1.57. The summed E-state index contributed by atoms with van der Waals surface area (Å²) in [5.41, 5.74) is 9.31. The van der Waals surface area contributed by atoms with Gasteiger partial charge < -0.3 is 11.1 Å². The van der Waals surface area contributed by atoms with E-state index in [0.29, 0.717) is 18.4 Å². The van der Waals surface area contributed by atoms with Crippen LogP contribution in [0.2, 0.25) is 0 Å². The molecule has 5 nitrogen and oxygen atoms in total. The van der Waals surface area contributed by atoms with Crippen molar-refractivity contribution in [3.8, 4) is 0 Å². The van der Waals surface area contributed by atoms with Gasteiger partial charge in [0.05, 0.1) is 19.3 Å². The van der Waals surface area contributed by atoms with E-state index < -0.39 is 0 Å². The molecular formula is C16H24IN5. The molecular weight excluding hydrogens is 389 g/mol. The van der Waals surface area contributed by atoms with Crippen LogP contribution >= 0.6 is 24.0 Å². The Morgan fingerprint density at radius 2 is 2.18 bits per heavy atom. The van der Waals surface area contributed by atoms with E-state index in [4.69, 9.17) is 5.73 Å². The van der Waals surface area contributed by atoms with E-state index in [-0.39, 0.29) is 24.0 Å². The van der Waals surface area contributed by atoms with E-state index in [2.05, 4.69) is 41.4 Å². The quantitative estimate of drug-likeness (QED) is 0.449. The van der Waals surface area contributed by atoms with Crippen LogP contribution in [0, 0.1) is 6.92 Å². The molecule has 0 saturated heterocycles. The van der Waals surface area contributed by atoms with Crippen molar-refractivity contribution >= 4 is 35.6 Å². The first kappa shape index (κ1) is 18.5. The second kappa shape index (κ2) is 8.77. The fraction of sp³-hybridized carbons (Fsp3) is 0.375. The summed E-state index contributed by atoms with van der Waals surface area (Å²) in [6.45, 7) is 7.68. The van der Waals surface area contributed by atoms with Crippen LogP contribution in [0.5, 0.6) is 0 Å².